The van der Waals surface area contributed by atoms with Gasteiger partial charge in [0.2, 0.25) is 0 Å². The van der Waals surface area contributed by atoms with Crippen LogP contribution in [-0.2, 0) is 0 Å². The molecule has 0 aliphatic heterocycles. The zero-order valence-electron chi connectivity index (χ0n) is 29.8. The van der Waals surface area contributed by atoms with Crippen molar-refractivity contribution >= 4 is 81.3 Å². The number of para-hydroxylation sites is 2. The number of furan rings is 1. The van der Waals surface area contributed by atoms with Crippen molar-refractivity contribution in [1.29, 1.82) is 0 Å². The molecule has 0 atom stereocenters. The van der Waals surface area contributed by atoms with Crippen molar-refractivity contribution in [2.24, 2.45) is 0 Å². The van der Waals surface area contributed by atoms with Gasteiger partial charge in [0, 0.05) is 47.9 Å². The van der Waals surface area contributed by atoms with E-state index in [2.05, 4.69) is 193 Å². The quantitative estimate of drug-likeness (QED) is 0.170. The van der Waals surface area contributed by atoms with Gasteiger partial charge in [0.05, 0.1) is 5.69 Å². The summed E-state index contributed by atoms with van der Waals surface area (Å²) in [5, 5.41) is 7.39. The van der Waals surface area contributed by atoms with Gasteiger partial charge in [-0.05, 0) is 99.3 Å². The Morgan fingerprint density at radius 2 is 0.927 bits per heavy atom. The highest BCUT2D eigenvalue weighted by atomic mass is 32.1. The van der Waals surface area contributed by atoms with E-state index in [0.717, 1.165) is 50.1 Å². The van der Waals surface area contributed by atoms with Gasteiger partial charge in [0.25, 0.3) is 0 Å². The summed E-state index contributed by atoms with van der Waals surface area (Å²) in [6.45, 7) is 0. The molecule has 11 aromatic rings. The lowest BCUT2D eigenvalue weighted by Crippen LogP contribution is -2.11. The first-order valence-corrected chi connectivity index (χ1v) is 19.5. The average molecular weight is 720 g/mol. The molecule has 0 radical (unpaired) electrons. The molecule has 0 saturated heterocycles. The van der Waals surface area contributed by atoms with Crippen LogP contribution in [0.5, 0.6) is 0 Å². The SMILES string of the molecule is c1ccc(N(c2ccc(-c3cccc4ccccc34)cc2)c2ccc(-c3cccc4sc5ccccc5c34)cc2)c(-c2ccc3c(c2)oc2ccccc23)c1. The standard InChI is InChI=1S/C52H33NOS/c1-2-13-40-34(11-1)12-9-17-41(40)35-23-28-38(29-24-35)53(39-30-25-36(26-31-39)43-18-10-22-51-52(43)46-16-5-8-21-50(46)55-51)47-19-6-3-14-42(47)37-27-32-45-44-15-4-7-20-48(44)54-49(45)33-37/h1-33H. The monoisotopic (exact) mass is 719 g/mol. The Bertz CT molecular complexity index is 3200. The molecule has 0 unspecified atom stereocenters. The maximum atomic E-state index is 6.36. The second kappa shape index (κ2) is 12.9. The molecule has 3 heteroatoms. The lowest BCUT2D eigenvalue weighted by Gasteiger charge is -2.28. The van der Waals surface area contributed by atoms with Crippen molar-refractivity contribution in [2.75, 3.05) is 4.90 Å². The number of fused-ring (bicyclic) bond motifs is 7. The number of thiophene rings is 1. The highest BCUT2D eigenvalue weighted by Crippen LogP contribution is 2.45. The van der Waals surface area contributed by atoms with E-state index in [1.165, 1.54) is 53.2 Å². The first-order chi connectivity index (χ1) is 27.3. The third kappa shape index (κ3) is 5.32. The summed E-state index contributed by atoms with van der Waals surface area (Å²) >= 11 is 1.86. The lowest BCUT2D eigenvalue weighted by molar-refractivity contribution is 0.669. The molecule has 2 aromatic heterocycles. The summed E-state index contributed by atoms with van der Waals surface area (Å²) in [5.41, 5.74) is 12.2. The molecule has 0 bridgehead atoms. The molecule has 9 aromatic carbocycles. The maximum Gasteiger partial charge on any atom is 0.136 e. The van der Waals surface area contributed by atoms with E-state index in [0.29, 0.717) is 0 Å². The molecule has 0 N–H and O–H groups in total. The second-order valence-electron chi connectivity index (χ2n) is 14.1. The number of hydrogen-bond acceptors (Lipinski definition) is 3. The van der Waals surface area contributed by atoms with E-state index in [4.69, 9.17) is 4.42 Å². The number of nitrogens with zero attached hydrogens (tertiary/aromatic N) is 1. The smallest absolute Gasteiger partial charge is 0.136 e. The molecule has 0 fully saturated rings. The van der Waals surface area contributed by atoms with Gasteiger partial charge < -0.3 is 9.32 Å². The van der Waals surface area contributed by atoms with E-state index in [1.54, 1.807) is 0 Å². The van der Waals surface area contributed by atoms with Crippen LogP contribution in [0.15, 0.2) is 205 Å². The minimum Gasteiger partial charge on any atom is -0.456 e. The summed E-state index contributed by atoms with van der Waals surface area (Å²) in [5.74, 6) is 0. The zero-order valence-corrected chi connectivity index (χ0v) is 30.6. The van der Waals surface area contributed by atoms with Crippen LogP contribution >= 0.6 is 11.3 Å². The topological polar surface area (TPSA) is 16.4 Å². The van der Waals surface area contributed by atoms with Crippen molar-refractivity contribution in [3.63, 3.8) is 0 Å². The molecule has 258 valence electrons. The van der Waals surface area contributed by atoms with E-state index in [-0.39, 0.29) is 0 Å². The molecule has 0 saturated carbocycles. The van der Waals surface area contributed by atoms with Gasteiger partial charge in [-0.3, -0.25) is 0 Å². The molecule has 2 heterocycles. The number of anilines is 3. The van der Waals surface area contributed by atoms with E-state index in [9.17, 15) is 0 Å². The molecule has 2 nitrogen and oxygen atoms in total. The Morgan fingerprint density at radius 3 is 1.76 bits per heavy atom. The fourth-order valence-electron chi connectivity index (χ4n) is 8.31. The van der Waals surface area contributed by atoms with Crippen molar-refractivity contribution < 1.29 is 4.42 Å². The Labute approximate surface area is 322 Å². The Kier molecular flexibility index (Phi) is 7.39. The third-order valence-corrected chi connectivity index (χ3v) is 12.0. The van der Waals surface area contributed by atoms with Crippen LogP contribution in [0.4, 0.5) is 17.1 Å². The number of benzene rings is 9. The van der Waals surface area contributed by atoms with Gasteiger partial charge in [-0.15, -0.1) is 11.3 Å². The predicted molar refractivity (Wildman–Crippen MR) is 235 cm³/mol. The van der Waals surface area contributed by atoms with Crippen LogP contribution in [0.25, 0.3) is 86.3 Å². The Hall–Kier alpha value is -6.94. The summed E-state index contributed by atoms with van der Waals surface area (Å²) in [4.78, 5) is 2.38. The van der Waals surface area contributed by atoms with Crippen LogP contribution in [0, 0.1) is 0 Å². The molecule has 11 rings (SSSR count). The minimum atomic E-state index is 0.888. The number of rotatable bonds is 6. The van der Waals surface area contributed by atoms with Crippen molar-refractivity contribution in [2.45, 2.75) is 0 Å². The molecule has 0 amide bonds. The van der Waals surface area contributed by atoms with Crippen LogP contribution in [0.1, 0.15) is 0 Å². The van der Waals surface area contributed by atoms with Crippen molar-refractivity contribution in [1.82, 2.24) is 0 Å². The fourth-order valence-corrected chi connectivity index (χ4v) is 9.44. The normalized spacial score (nSPS) is 11.6. The molecule has 0 aliphatic carbocycles. The lowest BCUT2D eigenvalue weighted by atomic mass is 9.97. The summed E-state index contributed by atoms with van der Waals surface area (Å²) in [7, 11) is 0. The minimum absolute atomic E-state index is 0.888. The Balaban J connectivity index is 1.06. The van der Waals surface area contributed by atoms with Crippen LogP contribution < -0.4 is 4.90 Å². The van der Waals surface area contributed by atoms with Gasteiger partial charge >= 0.3 is 0 Å². The van der Waals surface area contributed by atoms with Crippen LogP contribution in [0.2, 0.25) is 0 Å². The molecule has 0 spiro atoms. The van der Waals surface area contributed by atoms with E-state index < -0.39 is 0 Å². The van der Waals surface area contributed by atoms with Gasteiger partial charge in [-0.25, -0.2) is 0 Å². The third-order valence-electron chi connectivity index (χ3n) is 10.9. The van der Waals surface area contributed by atoms with Gasteiger partial charge in [-0.2, -0.15) is 0 Å². The second-order valence-corrected chi connectivity index (χ2v) is 15.1. The van der Waals surface area contributed by atoms with Gasteiger partial charge in [0.1, 0.15) is 11.2 Å². The van der Waals surface area contributed by atoms with Gasteiger partial charge in [-0.1, -0.05) is 140 Å². The highest BCUT2D eigenvalue weighted by molar-refractivity contribution is 7.25. The van der Waals surface area contributed by atoms with Gasteiger partial charge in [0.15, 0.2) is 0 Å². The first-order valence-electron chi connectivity index (χ1n) is 18.7. The maximum absolute atomic E-state index is 6.36. The molecular weight excluding hydrogens is 687 g/mol. The first kappa shape index (κ1) is 31.6. The summed E-state index contributed by atoms with van der Waals surface area (Å²) in [6.07, 6.45) is 0. The highest BCUT2D eigenvalue weighted by Gasteiger charge is 2.19. The Morgan fingerprint density at radius 1 is 0.364 bits per heavy atom. The predicted octanol–water partition coefficient (Wildman–Crippen LogP) is 15.6. The molecule has 0 aliphatic rings. The number of hydrogen-bond donors (Lipinski definition) is 0. The summed E-state index contributed by atoms with van der Waals surface area (Å²) < 4.78 is 8.99. The zero-order chi connectivity index (χ0) is 36.3. The average Bonchev–Trinajstić information content (AvgIpc) is 3.83. The van der Waals surface area contributed by atoms with Crippen LogP contribution in [0.3, 0.4) is 0 Å². The van der Waals surface area contributed by atoms with Crippen LogP contribution in [-0.4, -0.2) is 0 Å². The molecular formula is C52H33NOS. The van der Waals surface area contributed by atoms with E-state index in [1.807, 2.05) is 23.5 Å². The summed E-state index contributed by atoms with van der Waals surface area (Å²) in [6, 6.07) is 72.2. The van der Waals surface area contributed by atoms with E-state index >= 15 is 0 Å². The molecule has 55 heavy (non-hydrogen) atoms. The van der Waals surface area contributed by atoms with Crippen molar-refractivity contribution in [3.8, 4) is 33.4 Å². The fraction of sp³-hybridized carbons (Fsp3) is 0. The van der Waals surface area contributed by atoms with Crippen molar-refractivity contribution in [3.05, 3.63) is 200 Å². The largest absolute Gasteiger partial charge is 0.456 e.